The largest absolute Gasteiger partial charge is 0.451 e. The highest BCUT2D eigenvalue weighted by Gasteiger charge is 2.34. The quantitative estimate of drug-likeness (QED) is 0.512. The number of amides is 1. The van der Waals surface area contributed by atoms with E-state index < -0.39 is 9.84 Å². The molecule has 2 saturated heterocycles. The summed E-state index contributed by atoms with van der Waals surface area (Å²) in [5.74, 6) is 1.19. The van der Waals surface area contributed by atoms with E-state index in [1.54, 1.807) is 11.0 Å². The van der Waals surface area contributed by atoms with Crippen LogP contribution in [0.15, 0.2) is 22.6 Å². The van der Waals surface area contributed by atoms with Gasteiger partial charge in [0.15, 0.2) is 13.6 Å². The van der Waals surface area contributed by atoms with Crippen molar-refractivity contribution in [1.82, 2.24) is 9.80 Å². The number of hydrogen-bond acceptors (Lipinski definition) is 5. The summed E-state index contributed by atoms with van der Waals surface area (Å²) in [4.78, 5) is 16.2. The lowest BCUT2D eigenvalue weighted by molar-refractivity contribution is -0.127. The average Bonchev–Trinajstić information content (AvgIpc) is 3.10. The van der Waals surface area contributed by atoms with Gasteiger partial charge in [0.2, 0.25) is 5.91 Å². The molecule has 1 unspecified atom stereocenters. The smallest absolute Gasteiger partial charge is 0.246 e. The Balaban J connectivity index is 1.50. The van der Waals surface area contributed by atoms with Gasteiger partial charge in [-0.15, -0.1) is 0 Å². The lowest BCUT2D eigenvalue weighted by Gasteiger charge is -2.37. The van der Waals surface area contributed by atoms with Crippen molar-refractivity contribution in [2.45, 2.75) is 12.5 Å². The fourth-order valence-electron chi connectivity index (χ4n) is 3.05. The molecule has 126 valence electrons. The molecule has 1 aromatic heterocycles. The highest BCUT2D eigenvalue weighted by Crippen LogP contribution is 2.19. The Labute approximate surface area is 149 Å². The van der Waals surface area contributed by atoms with Crippen molar-refractivity contribution in [3.63, 3.8) is 0 Å². The fraction of sp³-hybridized carbons (Fsp3) is 0.533. The van der Waals surface area contributed by atoms with Crippen LogP contribution in [0.1, 0.15) is 12.2 Å². The van der Waals surface area contributed by atoms with Gasteiger partial charge < -0.3 is 9.32 Å². The number of nitrogens with zero attached hydrogens (tertiary/aromatic N) is 2. The summed E-state index contributed by atoms with van der Waals surface area (Å²) in [5, 5.41) is 0. The first-order valence-corrected chi connectivity index (χ1v) is 10.5. The second-order valence-corrected chi connectivity index (χ2v) is 9.19. The molecule has 2 fully saturated rings. The van der Waals surface area contributed by atoms with E-state index in [1.807, 2.05) is 12.1 Å². The molecular formula is C15H19IN2O4S. The number of halogens is 1. The molecule has 23 heavy (non-hydrogen) atoms. The first kappa shape index (κ1) is 17.0. The van der Waals surface area contributed by atoms with Gasteiger partial charge in [0.25, 0.3) is 0 Å². The minimum atomic E-state index is -2.86. The number of furan rings is 1. The third-order valence-electron chi connectivity index (χ3n) is 4.33. The molecule has 0 aliphatic carbocycles. The Bertz CT molecular complexity index is 705. The molecule has 0 radical (unpaired) electrons. The predicted octanol–water partition coefficient (Wildman–Crippen LogP) is 1.23. The lowest BCUT2D eigenvalue weighted by Crippen LogP contribution is -2.52. The zero-order valence-corrected chi connectivity index (χ0v) is 15.6. The first-order chi connectivity index (χ1) is 10.9. The molecule has 8 heteroatoms. The van der Waals surface area contributed by atoms with Crippen LogP contribution in [0.2, 0.25) is 0 Å². The maximum absolute atomic E-state index is 12.2. The van der Waals surface area contributed by atoms with Gasteiger partial charge in [-0.25, -0.2) is 8.42 Å². The van der Waals surface area contributed by atoms with Gasteiger partial charge in [0.1, 0.15) is 5.76 Å². The van der Waals surface area contributed by atoms with E-state index in [0.29, 0.717) is 31.0 Å². The zero-order valence-electron chi connectivity index (χ0n) is 12.7. The van der Waals surface area contributed by atoms with E-state index in [2.05, 4.69) is 27.5 Å². The molecule has 2 aliphatic heterocycles. The Morgan fingerprint density at radius 2 is 2.00 bits per heavy atom. The summed E-state index contributed by atoms with van der Waals surface area (Å²) in [7, 11) is -2.86. The number of sulfone groups is 1. The summed E-state index contributed by atoms with van der Waals surface area (Å²) in [6, 6.07) is 3.79. The van der Waals surface area contributed by atoms with E-state index in [9.17, 15) is 13.2 Å². The van der Waals surface area contributed by atoms with Crippen molar-refractivity contribution < 1.29 is 17.6 Å². The monoisotopic (exact) mass is 450 g/mol. The van der Waals surface area contributed by atoms with Gasteiger partial charge in [-0.2, -0.15) is 0 Å². The van der Waals surface area contributed by atoms with Crippen LogP contribution in [-0.2, 0) is 14.6 Å². The third-order valence-corrected chi connectivity index (χ3v) is 6.67. The molecule has 1 amide bonds. The highest BCUT2D eigenvalue weighted by atomic mass is 127. The molecule has 0 N–H and O–H groups in total. The van der Waals surface area contributed by atoms with Crippen molar-refractivity contribution in [1.29, 1.82) is 0 Å². The van der Waals surface area contributed by atoms with Crippen LogP contribution < -0.4 is 0 Å². The van der Waals surface area contributed by atoms with Crippen LogP contribution in [0.5, 0.6) is 0 Å². The second kappa shape index (κ2) is 6.94. The second-order valence-electron chi connectivity index (χ2n) is 5.89. The van der Waals surface area contributed by atoms with Crippen LogP contribution >= 0.6 is 22.6 Å². The molecule has 0 aromatic carbocycles. The topological polar surface area (TPSA) is 70.8 Å². The van der Waals surface area contributed by atoms with Crippen molar-refractivity contribution in [2.24, 2.45) is 0 Å². The van der Waals surface area contributed by atoms with E-state index in [4.69, 9.17) is 4.42 Å². The molecule has 0 spiro atoms. The van der Waals surface area contributed by atoms with Crippen molar-refractivity contribution in [3.05, 3.63) is 27.7 Å². The molecule has 1 atom stereocenters. The lowest BCUT2D eigenvalue weighted by atomic mass is 10.2. The highest BCUT2D eigenvalue weighted by molar-refractivity contribution is 14.1. The molecule has 2 aliphatic rings. The number of piperazine rings is 1. The van der Waals surface area contributed by atoms with Crippen LogP contribution in [0.25, 0.3) is 6.08 Å². The minimum Gasteiger partial charge on any atom is -0.451 e. The van der Waals surface area contributed by atoms with Gasteiger partial charge in [0, 0.05) is 38.3 Å². The standard InChI is InChI=1S/C15H19IN2O4S/c16-14-3-1-13(22-14)2-4-15(19)18-8-6-17(7-9-18)12-5-10-23(20,21)11-12/h1-4,12H,5-11H2/b4-2+. The van der Waals surface area contributed by atoms with Crippen molar-refractivity contribution in [3.8, 4) is 0 Å². The Morgan fingerprint density at radius 1 is 1.26 bits per heavy atom. The minimum absolute atomic E-state index is 0.0323. The molecule has 3 heterocycles. The van der Waals surface area contributed by atoms with Crippen molar-refractivity contribution >= 4 is 44.4 Å². The predicted molar refractivity (Wildman–Crippen MR) is 95.7 cm³/mol. The van der Waals surface area contributed by atoms with E-state index in [1.165, 1.54) is 6.08 Å². The summed E-state index contributed by atoms with van der Waals surface area (Å²) < 4.78 is 29.3. The molecule has 1 aromatic rings. The molecule has 0 bridgehead atoms. The summed E-state index contributed by atoms with van der Waals surface area (Å²) in [6.45, 7) is 2.74. The Kier molecular flexibility index (Phi) is 5.12. The van der Waals surface area contributed by atoms with Crippen LogP contribution in [0, 0.1) is 3.77 Å². The average molecular weight is 450 g/mol. The number of rotatable bonds is 3. The zero-order chi connectivity index (χ0) is 16.4. The molecular weight excluding hydrogens is 431 g/mol. The van der Waals surface area contributed by atoms with Crippen LogP contribution in [0.4, 0.5) is 0 Å². The summed E-state index contributed by atoms with van der Waals surface area (Å²) in [5.41, 5.74) is 0. The number of carbonyl (C=O) groups is 1. The SMILES string of the molecule is O=C(/C=C/c1ccc(I)o1)N1CCN(C2CCS(=O)(=O)C2)CC1. The Morgan fingerprint density at radius 3 is 2.57 bits per heavy atom. The normalized spacial score (nSPS) is 25.3. The fourth-order valence-corrected chi connectivity index (χ4v) is 5.24. The van der Waals surface area contributed by atoms with Crippen LogP contribution in [-0.4, -0.2) is 67.9 Å². The maximum Gasteiger partial charge on any atom is 0.246 e. The van der Waals surface area contributed by atoms with E-state index >= 15 is 0 Å². The summed E-state index contributed by atoms with van der Waals surface area (Å²) >= 11 is 2.08. The molecule has 0 saturated carbocycles. The number of carbonyl (C=O) groups excluding carboxylic acids is 1. The Hall–Kier alpha value is -0.870. The van der Waals surface area contributed by atoms with E-state index in [0.717, 1.165) is 16.9 Å². The van der Waals surface area contributed by atoms with Crippen LogP contribution in [0.3, 0.4) is 0 Å². The van der Waals surface area contributed by atoms with Gasteiger partial charge in [-0.1, -0.05) is 0 Å². The van der Waals surface area contributed by atoms with Gasteiger partial charge in [-0.05, 0) is 47.2 Å². The maximum atomic E-state index is 12.2. The van der Waals surface area contributed by atoms with Gasteiger partial charge >= 0.3 is 0 Å². The molecule has 6 nitrogen and oxygen atoms in total. The number of hydrogen-bond donors (Lipinski definition) is 0. The first-order valence-electron chi connectivity index (χ1n) is 7.60. The van der Waals surface area contributed by atoms with Gasteiger partial charge in [0.05, 0.1) is 11.5 Å². The van der Waals surface area contributed by atoms with Crippen molar-refractivity contribution in [2.75, 3.05) is 37.7 Å². The van der Waals surface area contributed by atoms with E-state index in [-0.39, 0.29) is 17.7 Å². The molecule has 3 rings (SSSR count). The summed E-state index contributed by atoms with van der Waals surface area (Å²) in [6.07, 6.45) is 3.93. The van der Waals surface area contributed by atoms with Gasteiger partial charge in [-0.3, -0.25) is 9.69 Å². The third kappa shape index (κ3) is 4.36.